The summed E-state index contributed by atoms with van der Waals surface area (Å²) in [4.78, 5) is 18.7. The summed E-state index contributed by atoms with van der Waals surface area (Å²) in [6, 6.07) is 15.0. The number of hydrogen-bond acceptors (Lipinski definition) is 4. The first-order valence-electron chi connectivity index (χ1n) is 7.10. The lowest BCUT2D eigenvalue weighted by molar-refractivity contribution is -0.125. The average molecular weight is 347 g/mol. The van der Waals surface area contributed by atoms with Crippen LogP contribution in [0.5, 0.6) is 0 Å². The van der Waals surface area contributed by atoms with Gasteiger partial charge in [-0.1, -0.05) is 47.1 Å². The van der Waals surface area contributed by atoms with E-state index >= 15 is 0 Å². The number of carbonyl (C=O) groups is 1. The summed E-state index contributed by atoms with van der Waals surface area (Å²) in [6.07, 6.45) is 1.73. The molecule has 0 saturated heterocycles. The van der Waals surface area contributed by atoms with Crippen molar-refractivity contribution < 1.29 is 9.63 Å². The first kappa shape index (κ1) is 15.9. The third-order valence-corrected chi connectivity index (χ3v) is 4.64. The number of nitrogens with one attached hydrogen (secondary N) is 1. The number of para-hydroxylation sites is 1. The zero-order valence-corrected chi connectivity index (χ0v) is 14.0. The minimum absolute atomic E-state index is 0.211. The van der Waals surface area contributed by atoms with E-state index in [2.05, 4.69) is 10.5 Å². The monoisotopic (exact) mass is 346 g/mol. The number of anilines is 1. The SMILES string of the molecule is CSc1ccccc1NC(=O)C1CC(c2ccccc2Cl)=NO1. The van der Waals surface area contributed by atoms with Gasteiger partial charge < -0.3 is 10.2 Å². The molecule has 3 rings (SSSR count). The lowest BCUT2D eigenvalue weighted by Gasteiger charge is -2.12. The van der Waals surface area contributed by atoms with Crippen molar-refractivity contribution in [2.75, 3.05) is 11.6 Å². The van der Waals surface area contributed by atoms with Gasteiger partial charge in [0.1, 0.15) is 0 Å². The second-order valence-electron chi connectivity index (χ2n) is 5.01. The number of halogens is 1. The van der Waals surface area contributed by atoms with Crippen LogP contribution < -0.4 is 5.32 Å². The van der Waals surface area contributed by atoms with Crippen molar-refractivity contribution in [3.63, 3.8) is 0 Å². The molecule has 4 nitrogen and oxygen atoms in total. The molecule has 0 fully saturated rings. The average Bonchev–Trinajstić information content (AvgIpc) is 3.05. The van der Waals surface area contributed by atoms with E-state index in [0.29, 0.717) is 17.2 Å². The van der Waals surface area contributed by atoms with Crippen LogP contribution in [0.15, 0.2) is 58.6 Å². The molecule has 2 aromatic carbocycles. The van der Waals surface area contributed by atoms with E-state index in [1.807, 2.05) is 48.7 Å². The van der Waals surface area contributed by atoms with Crippen molar-refractivity contribution in [1.29, 1.82) is 0 Å². The van der Waals surface area contributed by atoms with Gasteiger partial charge in [0.15, 0.2) is 0 Å². The van der Waals surface area contributed by atoms with Gasteiger partial charge in [-0.15, -0.1) is 11.8 Å². The molecule has 1 atom stereocenters. The van der Waals surface area contributed by atoms with Gasteiger partial charge in [-0.25, -0.2) is 0 Å². The maximum Gasteiger partial charge on any atom is 0.268 e. The lowest BCUT2D eigenvalue weighted by Crippen LogP contribution is -2.28. The summed E-state index contributed by atoms with van der Waals surface area (Å²) in [5.41, 5.74) is 2.27. The molecule has 0 saturated carbocycles. The maximum absolute atomic E-state index is 12.4. The number of oxime groups is 1. The number of hydrogen-bond donors (Lipinski definition) is 1. The third kappa shape index (κ3) is 3.51. The van der Waals surface area contributed by atoms with E-state index in [0.717, 1.165) is 16.1 Å². The normalized spacial score (nSPS) is 16.6. The van der Waals surface area contributed by atoms with Crippen molar-refractivity contribution in [3.05, 3.63) is 59.1 Å². The molecule has 118 valence electrons. The Morgan fingerprint density at radius 2 is 2.00 bits per heavy atom. The topological polar surface area (TPSA) is 50.7 Å². The molecule has 1 heterocycles. The van der Waals surface area contributed by atoms with Crippen LogP contribution in [0, 0.1) is 0 Å². The van der Waals surface area contributed by atoms with Crippen molar-refractivity contribution in [1.82, 2.24) is 0 Å². The molecular formula is C17H15ClN2O2S. The molecule has 1 aliphatic rings. The molecule has 0 aromatic heterocycles. The van der Waals surface area contributed by atoms with Crippen molar-refractivity contribution in [2.24, 2.45) is 5.16 Å². The summed E-state index contributed by atoms with van der Waals surface area (Å²) in [5.74, 6) is -0.211. The minimum Gasteiger partial charge on any atom is -0.382 e. The number of carbonyl (C=O) groups excluding carboxylic acids is 1. The van der Waals surface area contributed by atoms with Gasteiger partial charge in [0.05, 0.1) is 11.4 Å². The Hall–Kier alpha value is -1.98. The fraction of sp³-hybridized carbons (Fsp3) is 0.176. The zero-order chi connectivity index (χ0) is 16.2. The third-order valence-electron chi connectivity index (χ3n) is 3.51. The number of nitrogens with zero attached hydrogens (tertiary/aromatic N) is 1. The standard InChI is InChI=1S/C17H15ClN2O2S/c1-23-16-9-5-4-8-13(16)19-17(21)15-10-14(20-22-15)11-6-2-3-7-12(11)18/h2-9,15H,10H2,1H3,(H,19,21). The highest BCUT2D eigenvalue weighted by Gasteiger charge is 2.30. The quantitative estimate of drug-likeness (QED) is 0.844. The molecule has 6 heteroatoms. The van der Waals surface area contributed by atoms with Gasteiger partial charge in [-0.3, -0.25) is 4.79 Å². The fourth-order valence-electron chi connectivity index (χ4n) is 2.33. The smallest absolute Gasteiger partial charge is 0.268 e. The Morgan fingerprint density at radius 3 is 2.78 bits per heavy atom. The number of benzene rings is 2. The summed E-state index contributed by atoms with van der Waals surface area (Å²) in [7, 11) is 0. The van der Waals surface area contributed by atoms with Gasteiger partial charge in [0, 0.05) is 21.9 Å². The molecule has 0 aliphatic carbocycles. The van der Waals surface area contributed by atoms with Crippen LogP contribution >= 0.6 is 23.4 Å². The predicted molar refractivity (Wildman–Crippen MR) is 94.3 cm³/mol. The Balaban J connectivity index is 1.68. The highest BCUT2D eigenvalue weighted by molar-refractivity contribution is 7.98. The largest absolute Gasteiger partial charge is 0.382 e. The van der Waals surface area contributed by atoms with Crippen LogP contribution in [0.3, 0.4) is 0 Å². The van der Waals surface area contributed by atoms with Gasteiger partial charge in [-0.05, 0) is 24.5 Å². The lowest BCUT2D eigenvalue weighted by atomic mass is 10.0. The van der Waals surface area contributed by atoms with Crippen LogP contribution in [0.25, 0.3) is 0 Å². The molecule has 23 heavy (non-hydrogen) atoms. The number of thioether (sulfide) groups is 1. The Labute approximate surface area is 143 Å². The summed E-state index contributed by atoms with van der Waals surface area (Å²) < 4.78 is 0. The van der Waals surface area contributed by atoms with Gasteiger partial charge in [0.25, 0.3) is 5.91 Å². The summed E-state index contributed by atoms with van der Waals surface area (Å²) in [5, 5.41) is 7.52. The van der Waals surface area contributed by atoms with E-state index in [-0.39, 0.29) is 5.91 Å². The summed E-state index contributed by atoms with van der Waals surface area (Å²) in [6.45, 7) is 0. The molecule has 1 amide bonds. The molecular weight excluding hydrogens is 332 g/mol. The second-order valence-corrected chi connectivity index (χ2v) is 6.26. The fourth-order valence-corrected chi connectivity index (χ4v) is 3.13. The molecule has 1 N–H and O–H groups in total. The Morgan fingerprint density at radius 1 is 1.26 bits per heavy atom. The molecule has 2 aromatic rings. The highest BCUT2D eigenvalue weighted by Crippen LogP contribution is 2.27. The molecule has 1 aliphatic heterocycles. The van der Waals surface area contributed by atoms with Gasteiger partial charge in [-0.2, -0.15) is 0 Å². The predicted octanol–water partition coefficient (Wildman–Crippen LogP) is 4.19. The number of amides is 1. The van der Waals surface area contributed by atoms with Crippen molar-refractivity contribution in [2.45, 2.75) is 17.4 Å². The molecule has 0 bridgehead atoms. The second kappa shape index (κ2) is 7.06. The maximum atomic E-state index is 12.4. The summed E-state index contributed by atoms with van der Waals surface area (Å²) >= 11 is 7.74. The number of rotatable bonds is 4. The van der Waals surface area contributed by atoms with Crippen LogP contribution in [0.1, 0.15) is 12.0 Å². The van der Waals surface area contributed by atoms with Crippen molar-refractivity contribution >= 4 is 40.7 Å². The van der Waals surface area contributed by atoms with Crippen LogP contribution in [0.2, 0.25) is 5.02 Å². The Bertz CT molecular complexity index is 764. The van der Waals surface area contributed by atoms with E-state index in [9.17, 15) is 4.79 Å². The van der Waals surface area contributed by atoms with Crippen molar-refractivity contribution in [3.8, 4) is 0 Å². The van der Waals surface area contributed by atoms with E-state index < -0.39 is 6.10 Å². The minimum atomic E-state index is -0.642. The van der Waals surface area contributed by atoms with Gasteiger partial charge in [0.2, 0.25) is 6.10 Å². The van der Waals surface area contributed by atoms with Crippen LogP contribution in [-0.4, -0.2) is 24.0 Å². The van der Waals surface area contributed by atoms with Gasteiger partial charge >= 0.3 is 0 Å². The molecule has 0 radical (unpaired) electrons. The Kier molecular flexibility index (Phi) is 4.88. The van der Waals surface area contributed by atoms with Crippen LogP contribution in [-0.2, 0) is 9.63 Å². The van der Waals surface area contributed by atoms with Crippen LogP contribution in [0.4, 0.5) is 5.69 Å². The highest BCUT2D eigenvalue weighted by atomic mass is 35.5. The molecule has 1 unspecified atom stereocenters. The molecule has 0 spiro atoms. The first-order chi connectivity index (χ1) is 11.2. The van der Waals surface area contributed by atoms with E-state index in [1.165, 1.54) is 0 Å². The zero-order valence-electron chi connectivity index (χ0n) is 12.5. The first-order valence-corrected chi connectivity index (χ1v) is 8.71. The van der Waals surface area contributed by atoms with E-state index in [1.54, 1.807) is 17.8 Å². The van der Waals surface area contributed by atoms with E-state index in [4.69, 9.17) is 16.4 Å².